The quantitative estimate of drug-likeness (QED) is 0.324. The minimum Gasteiger partial charge on any atom is -0.385 e. The number of nitrogens with zero attached hydrogens (tertiary/aromatic N) is 1. The Labute approximate surface area is 181 Å². The van der Waals surface area contributed by atoms with Crippen molar-refractivity contribution in [1.29, 1.82) is 0 Å². The van der Waals surface area contributed by atoms with E-state index in [9.17, 15) is 0 Å². The monoisotopic (exact) mass is 491 g/mol. The molecule has 6 heteroatoms. The van der Waals surface area contributed by atoms with Gasteiger partial charge in [-0.1, -0.05) is 19.3 Å². The molecule has 4 aliphatic rings. The summed E-state index contributed by atoms with van der Waals surface area (Å²) in [6, 6.07) is 0.548. The van der Waals surface area contributed by atoms with Crippen molar-refractivity contribution in [3.63, 3.8) is 0 Å². The smallest absolute Gasteiger partial charge is 0.191 e. The Morgan fingerprint density at radius 2 is 1.96 bits per heavy atom. The zero-order valence-corrected chi connectivity index (χ0v) is 19.4. The van der Waals surface area contributed by atoms with Crippen molar-refractivity contribution in [1.82, 2.24) is 10.6 Å². The molecule has 3 unspecified atom stereocenters. The second kappa shape index (κ2) is 9.16. The summed E-state index contributed by atoms with van der Waals surface area (Å²) in [5.74, 6) is 1.71. The first kappa shape index (κ1) is 21.6. The normalized spacial score (nSPS) is 33.0. The lowest BCUT2D eigenvalue weighted by molar-refractivity contribution is -0.125. The van der Waals surface area contributed by atoms with Crippen molar-refractivity contribution in [3.8, 4) is 0 Å². The Kier molecular flexibility index (Phi) is 7.34. The van der Waals surface area contributed by atoms with E-state index in [4.69, 9.17) is 14.5 Å². The van der Waals surface area contributed by atoms with Crippen LogP contribution in [0.15, 0.2) is 4.99 Å². The van der Waals surface area contributed by atoms with Gasteiger partial charge < -0.3 is 20.1 Å². The van der Waals surface area contributed by atoms with E-state index in [2.05, 4.69) is 17.6 Å². The maximum absolute atomic E-state index is 6.13. The number of aliphatic imine (C=N–C) groups is 1. The summed E-state index contributed by atoms with van der Waals surface area (Å²) in [5.41, 5.74) is 0.754. The van der Waals surface area contributed by atoms with Gasteiger partial charge in [0.1, 0.15) is 0 Å². The molecule has 1 heterocycles. The summed E-state index contributed by atoms with van der Waals surface area (Å²) in [6.45, 7) is 5.81. The van der Waals surface area contributed by atoms with Crippen molar-refractivity contribution in [2.45, 2.75) is 76.9 Å². The minimum atomic E-state index is 0. The molecule has 27 heavy (non-hydrogen) atoms. The van der Waals surface area contributed by atoms with E-state index < -0.39 is 0 Å². The van der Waals surface area contributed by atoms with Gasteiger partial charge in [0.15, 0.2) is 5.96 Å². The molecule has 5 nitrogen and oxygen atoms in total. The number of rotatable bonds is 7. The molecule has 4 fully saturated rings. The lowest BCUT2D eigenvalue weighted by Crippen LogP contribution is -2.69. The highest BCUT2D eigenvalue weighted by Gasteiger charge is 2.65. The minimum absolute atomic E-state index is 0. The lowest BCUT2D eigenvalue weighted by Gasteiger charge is -2.57. The predicted octanol–water partition coefficient (Wildman–Crippen LogP) is 3.71. The van der Waals surface area contributed by atoms with Gasteiger partial charge in [-0.3, -0.25) is 4.99 Å². The third-order valence-corrected chi connectivity index (χ3v) is 7.75. The standard InChI is InChI=1S/C21H37N3O2.HI/c1-3-22-19(23-15-20(8-6-9-20)12-14-25-2)24-17-16-7-13-26-18(16)21(17)10-4-5-11-21;/h16-18H,3-15H2,1-2H3,(H2,22,23,24);1H. The maximum atomic E-state index is 6.13. The van der Waals surface area contributed by atoms with Gasteiger partial charge in [-0.25, -0.2) is 0 Å². The molecule has 4 rings (SSSR count). The van der Waals surface area contributed by atoms with Crippen molar-refractivity contribution in [2.24, 2.45) is 21.7 Å². The summed E-state index contributed by atoms with van der Waals surface area (Å²) < 4.78 is 11.5. The zero-order chi connectivity index (χ0) is 18.0. The van der Waals surface area contributed by atoms with E-state index in [0.29, 0.717) is 28.9 Å². The van der Waals surface area contributed by atoms with E-state index in [-0.39, 0.29) is 24.0 Å². The molecule has 1 aliphatic heterocycles. The average molecular weight is 491 g/mol. The fourth-order valence-electron chi connectivity index (χ4n) is 6.10. The van der Waals surface area contributed by atoms with Crippen LogP contribution in [0.2, 0.25) is 0 Å². The number of hydrogen-bond acceptors (Lipinski definition) is 3. The van der Waals surface area contributed by atoms with Crippen molar-refractivity contribution in [3.05, 3.63) is 0 Å². The van der Waals surface area contributed by atoms with Crippen LogP contribution < -0.4 is 10.6 Å². The Bertz CT molecular complexity index is 518. The summed E-state index contributed by atoms with van der Waals surface area (Å²) >= 11 is 0. The maximum Gasteiger partial charge on any atom is 0.191 e. The Morgan fingerprint density at radius 1 is 1.19 bits per heavy atom. The van der Waals surface area contributed by atoms with Crippen LogP contribution >= 0.6 is 24.0 Å². The van der Waals surface area contributed by atoms with Gasteiger partial charge in [-0.2, -0.15) is 0 Å². The Balaban J connectivity index is 0.00000210. The highest BCUT2D eigenvalue weighted by atomic mass is 127. The van der Waals surface area contributed by atoms with Gasteiger partial charge >= 0.3 is 0 Å². The average Bonchev–Trinajstić information content (AvgIpc) is 3.26. The predicted molar refractivity (Wildman–Crippen MR) is 120 cm³/mol. The SMILES string of the molecule is CCNC(=NCC1(CCOC)CCC1)NC1C2CCOC2C12CCCC2.I. The molecule has 0 aromatic heterocycles. The van der Waals surface area contributed by atoms with Crippen LogP contribution in [-0.4, -0.2) is 51.5 Å². The molecule has 0 radical (unpaired) electrons. The number of halogens is 1. The number of hydrogen-bond donors (Lipinski definition) is 2. The number of methoxy groups -OCH3 is 1. The number of nitrogens with one attached hydrogen (secondary N) is 2. The Morgan fingerprint density at radius 3 is 2.59 bits per heavy atom. The third kappa shape index (κ3) is 4.00. The van der Waals surface area contributed by atoms with Gasteiger partial charge in [-0.15, -0.1) is 24.0 Å². The number of guanidine groups is 1. The van der Waals surface area contributed by atoms with E-state index in [1.165, 1.54) is 51.4 Å². The molecule has 0 aromatic carbocycles. The molecule has 1 spiro atoms. The van der Waals surface area contributed by atoms with Crippen LogP contribution in [0.25, 0.3) is 0 Å². The van der Waals surface area contributed by atoms with Gasteiger partial charge in [0.2, 0.25) is 0 Å². The van der Waals surface area contributed by atoms with Crippen LogP contribution in [0.1, 0.15) is 64.7 Å². The molecule has 1 saturated heterocycles. The summed E-state index contributed by atoms with van der Waals surface area (Å²) in [5, 5.41) is 7.37. The van der Waals surface area contributed by atoms with Crippen LogP contribution in [0.3, 0.4) is 0 Å². The molecule has 3 saturated carbocycles. The summed E-state index contributed by atoms with van der Waals surface area (Å²) in [7, 11) is 1.80. The molecular formula is C21H38IN3O2. The molecule has 3 atom stereocenters. The van der Waals surface area contributed by atoms with Crippen LogP contribution in [-0.2, 0) is 9.47 Å². The fraction of sp³-hybridized carbons (Fsp3) is 0.952. The molecule has 2 N–H and O–H groups in total. The van der Waals surface area contributed by atoms with E-state index in [1.807, 2.05) is 0 Å². The van der Waals surface area contributed by atoms with Gasteiger partial charge in [0.25, 0.3) is 0 Å². The van der Waals surface area contributed by atoms with E-state index in [0.717, 1.165) is 38.7 Å². The van der Waals surface area contributed by atoms with Crippen LogP contribution in [0, 0.1) is 16.7 Å². The number of fused-ring (bicyclic) bond motifs is 2. The first-order valence-corrected chi connectivity index (χ1v) is 10.9. The second-order valence-corrected chi connectivity index (χ2v) is 9.10. The van der Waals surface area contributed by atoms with Gasteiger partial charge in [0.05, 0.1) is 6.10 Å². The molecule has 156 valence electrons. The fourth-order valence-corrected chi connectivity index (χ4v) is 6.10. The van der Waals surface area contributed by atoms with Crippen molar-refractivity contribution in [2.75, 3.05) is 33.4 Å². The Hall–Kier alpha value is -0.0800. The highest BCUT2D eigenvalue weighted by Crippen LogP contribution is 2.60. The first-order valence-electron chi connectivity index (χ1n) is 10.9. The number of ether oxygens (including phenoxy) is 2. The lowest BCUT2D eigenvalue weighted by atomic mass is 9.54. The topological polar surface area (TPSA) is 54.9 Å². The zero-order valence-electron chi connectivity index (χ0n) is 17.1. The molecule has 3 aliphatic carbocycles. The summed E-state index contributed by atoms with van der Waals surface area (Å²) in [6.07, 6.45) is 12.2. The van der Waals surface area contributed by atoms with Gasteiger partial charge in [0, 0.05) is 50.8 Å². The molecular weight excluding hydrogens is 453 g/mol. The van der Waals surface area contributed by atoms with Crippen LogP contribution in [0.5, 0.6) is 0 Å². The largest absolute Gasteiger partial charge is 0.385 e. The molecule has 0 amide bonds. The molecule has 0 aromatic rings. The van der Waals surface area contributed by atoms with E-state index >= 15 is 0 Å². The van der Waals surface area contributed by atoms with Crippen molar-refractivity contribution >= 4 is 29.9 Å². The van der Waals surface area contributed by atoms with E-state index in [1.54, 1.807) is 7.11 Å². The second-order valence-electron chi connectivity index (χ2n) is 9.10. The van der Waals surface area contributed by atoms with Gasteiger partial charge in [-0.05, 0) is 50.9 Å². The van der Waals surface area contributed by atoms with Crippen molar-refractivity contribution < 1.29 is 9.47 Å². The highest BCUT2D eigenvalue weighted by molar-refractivity contribution is 14.0. The third-order valence-electron chi connectivity index (χ3n) is 7.75. The molecule has 0 bridgehead atoms. The van der Waals surface area contributed by atoms with Crippen LogP contribution in [0.4, 0.5) is 0 Å². The summed E-state index contributed by atoms with van der Waals surface area (Å²) in [4.78, 5) is 5.05. The first-order chi connectivity index (χ1) is 12.7.